The van der Waals surface area contributed by atoms with Gasteiger partial charge in [0, 0.05) is 17.6 Å². The van der Waals surface area contributed by atoms with Crippen molar-refractivity contribution in [3.05, 3.63) is 101 Å². The fourth-order valence-electron chi connectivity index (χ4n) is 3.33. The number of hydrogen-bond donors (Lipinski definition) is 1. The minimum atomic E-state index is -0.118. The minimum Gasteiger partial charge on any atom is -0.344 e. The highest BCUT2D eigenvalue weighted by Gasteiger charge is 2.20. The highest BCUT2D eigenvalue weighted by molar-refractivity contribution is 6.01. The highest BCUT2D eigenvalue weighted by Crippen LogP contribution is 2.25. The van der Waals surface area contributed by atoms with Crippen LogP contribution in [-0.2, 0) is 0 Å². The lowest BCUT2D eigenvalue weighted by molar-refractivity contribution is 0.0972. The minimum absolute atomic E-state index is 0.118. The van der Waals surface area contributed by atoms with Crippen molar-refractivity contribution in [3.63, 3.8) is 0 Å². The van der Waals surface area contributed by atoms with E-state index in [0.717, 1.165) is 16.8 Å². The summed E-state index contributed by atoms with van der Waals surface area (Å²) in [5.74, 6) is -0.118. The molecule has 26 heavy (non-hydrogen) atoms. The van der Waals surface area contributed by atoms with Crippen LogP contribution in [0.3, 0.4) is 0 Å². The molecule has 3 aromatic rings. The molecular formula is C23H24N2O. The molecule has 0 aliphatic heterocycles. The number of aryl methyl sites for hydroxylation is 1. The predicted octanol–water partition coefficient (Wildman–Crippen LogP) is 5.11. The van der Waals surface area contributed by atoms with Crippen LogP contribution in [0, 0.1) is 13.8 Å². The molecule has 0 saturated heterocycles. The van der Waals surface area contributed by atoms with E-state index in [1.54, 1.807) is 0 Å². The van der Waals surface area contributed by atoms with Crippen LogP contribution in [0.25, 0.3) is 5.70 Å². The van der Waals surface area contributed by atoms with E-state index >= 15 is 0 Å². The van der Waals surface area contributed by atoms with Crippen molar-refractivity contribution in [3.8, 4) is 0 Å². The van der Waals surface area contributed by atoms with Crippen LogP contribution in [0.2, 0.25) is 0 Å². The van der Waals surface area contributed by atoms with Crippen molar-refractivity contribution in [2.24, 2.45) is 0 Å². The monoisotopic (exact) mass is 344 g/mol. The van der Waals surface area contributed by atoms with Crippen LogP contribution in [0.4, 0.5) is 0 Å². The lowest BCUT2D eigenvalue weighted by atomic mass is 10.1. The third-order valence-corrected chi connectivity index (χ3v) is 4.79. The Balaban J connectivity index is 1.86. The molecule has 1 N–H and O–H groups in total. The van der Waals surface area contributed by atoms with Gasteiger partial charge in [-0.1, -0.05) is 67.2 Å². The number of benzene rings is 2. The van der Waals surface area contributed by atoms with Gasteiger partial charge in [0.2, 0.25) is 0 Å². The Morgan fingerprint density at radius 3 is 2.19 bits per heavy atom. The van der Waals surface area contributed by atoms with Gasteiger partial charge in [0.05, 0.1) is 11.6 Å². The molecule has 1 unspecified atom stereocenters. The van der Waals surface area contributed by atoms with Crippen LogP contribution in [0.15, 0.2) is 73.4 Å². The van der Waals surface area contributed by atoms with Crippen molar-refractivity contribution in [2.75, 3.05) is 0 Å². The summed E-state index contributed by atoms with van der Waals surface area (Å²) in [6, 6.07) is 20.1. The van der Waals surface area contributed by atoms with Gasteiger partial charge in [0.25, 0.3) is 5.91 Å². The molecule has 3 nitrogen and oxygen atoms in total. The van der Waals surface area contributed by atoms with Gasteiger partial charge < -0.3 is 9.88 Å². The van der Waals surface area contributed by atoms with E-state index in [4.69, 9.17) is 0 Å². The topological polar surface area (TPSA) is 34.0 Å². The van der Waals surface area contributed by atoms with E-state index in [9.17, 15) is 4.79 Å². The van der Waals surface area contributed by atoms with Crippen molar-refractivity contribution in [1.29, 1.82) is 0 Å². The second kappa shape index (κ2) is 7.44. The van der Waals surface area contributed by atoms with E-state index in [1.165, 1.54) is 5.56 Å². The van der Waals surface area contributed by atoms with Crippen LogP contribution in [-0.4, -0.2) is 10.5 Å². The number of carbonyl (C=O) groups is 1. The maximum Gasteiger partial charge on any atom is 0.257 e. The summed E-state index contributed by atoms with van der Waals surface area (Å²) in [4.78, 5) is 12.9. The average molecular weight is 344 g/mol. The molecule has 1 heterocycles. The molecule has 0 saturated carbocycles. The van der Waals surface area contributed by atoms with E-state index in [2.05, 4.69) is 35.5 Å². The molecule has 3 rings (SSSR count). The Morgan fingerprint density at radius 2 is 1.58 bits per heavy atom. The fourth-order valence-corrected chi connectivity index (χ4v) is 3.33. The van der Waals surface area contributed by atoms with Crippen LogP contribution in [0.1, 0.15) is 45.7 Å². The molecule has 0 aliphatic carbocycles. The first-order valence-electron chi connectivity index (χ1n) is 8.77. The Labute approximate surface area is 155 Å². The Bertz CT molecular complexity index is 924. The molecule has 1 amide bonds. The van der Waals surface area contributed by atoms with Gasteiger partial charge in [-0.3, -0.25) is 4.79 Å². The van der Waals surface area contributed by atoms with E-state index in [-0.39, 0.29) is 11.9 Å². The summed E-state index contributed by atoms with van der Waals surface area (Å²) in [5, 5.41) is 2.94. The molecule has 0 spiro atoms. The van der Waals surface area contributed by atoms with E-state index < -0.39 is 0 Å². The summed E-state index contributed by atoms with van der Waals surface area (Å²) in [6.07, 6.45) is 2.05. The van der Waals surface area contributed by atoms with E-state index in [1.807, 2.05) is 68.6 Å². The lowest BCUT2D eigenvalue weighted by Crippen LogP contribution is -2.23. The number of nitrogens with zero attached hydrogens (tertiary/aromatic N) is 1. The zero-order chi connectivity index (χ0) is 18.7. The van der Waals surface area contributed by atoms with Gasteiger partial charge in [-0.15, -0.1) is 0 Å². The number of nitrogens with one attached hydrogen (secondary N) is 1. The largest absolute Gasteiger partial charge is 0.344 e. The zero-order valence-corrected chi connectivity index (χ0v) is 15.5. The number of hydrogen-bond acceptors (Lipinski definition) is 1. The molecule has 0 fully saturated rings. The first-order valence-corrected chi connectivity index (χ1v) is 8.77. The van der Waals surface area contributed by atoms with Crippen LogP contribution in [0.5, 0.6) is 0 Å². The van der Waals surface area contributed by atoms with Crippen molar-refractivity contribution in [1.82, 2.24) is 9.88 Å². The third kappa shape index (κ3) is 3.47. The van der Waals surface area contributed by atoms with Gasteiger partial charge in [0.1, 0.15) is 0 Å². The second-order valence-electron chi connectivity index (χ2n) is 6.57. The standard InChI is InChI=1S/C23H24N2O/c1-16-15-25(18(3)21-13-9-6-10-14-21)19(4)22(16)23(26)24-17(2)20-11-7-5-8-12-20/h5-15,18H,2H2,1,3-4H3,(H,24,26). The summed E-state index contributed by atoms with van der Waals surface area (Å²) in [5.41, 5.74) is 5.36. The second-order valence-corrected chi connectivity index (χ2v) is 6.57. The van der Waals surface area contributed by atoms with Crippen molar-refractivity contribution >= 4 is 11.6 Å². The molecular weight excluding hydrogens is 320 g/mol. The van der Waals surface area contributed by atoms with Gasteiger partial charge >= 0.3 is 0 Å². The number of amides is 1. The van der Waals surface area contributed by atoms with E-state index in [0.29, 0.717) is 11.3 Å². The predicted molar refractivity (Wildman–Crippen MR) is 107 cm³/mol. The Morgan fingerprint density at radius 1 is 1.00 bits per heavy atom. The van der Waals surface area contributed by atoms with Gasteiger partial charge in [-0.25, -0.2) is 0 Å². The van der Waals surface area contributed by atoms with Gasteiger partial charge in [-0.05, 0) is 37.5 Å². The number of rotatable bonds is 5. The number of carbonyl (C=O) groups excluding carboxylic acids is 1. The summed E-state index contributed by atoms with van der Waals surface area (Å²) < 4.78 is 2.16. The Kier molecular flexibility index (Phi) is 5.08. The van der Waals surface area contributed by atoms with Crippen LogP contribution < -0.4 is 5.32 Å². The summed E-state index contributed by atoms with van der Waals surface area (Å²) >= 11 is 0. The molecule has 1 aromatic heterocycles. The van der Waals surface area contributed by atoms with Crippen molar-refractivity contribution < 1.29 is 4.79 Å². The molecule has 0 aliphatic rings. The average Bonchev–Trinajstić information content (AvgIpc) is 2.96. The van der Waals surface area contributed by atoms with Gasteiger partial charge in [0.15, 0.2) is 0 Å². The maximum absolute atomic E-state index is 12.9. The summed E-state index contributed by atoms with van der Waals surface area (Å²) in [6.45, 7) is 10.1. The molecule has 0 bridgehead atoms. The van der Waals surface area contributed by atoms with Gasteiger partial charge in [-0.2, -0.15) is 0 Å². The van der Waals surface area contributed by atoms with Crippen LogP contribution >= 0.6 is 0 Å². The Hall–Kier alpha value is -3.07. The molecule has 1 atom stereocenters. The summed E-state index contributed by atoms with van der Waals surface area (Å²) in [7, 11) is 0. The molecule has 3 heteroatoms. The first kappa shape index (κ1) is 17.7. The molecule has 132 valence electrons. The SMILES string of the molecule is C=C(NC(=O)c1c(C)cn(C(C)c2ccccc2)c1C)c1ccccc1. The third-order valence-electron chi connectivity index (χ3n) is 4.79. The van der Waals surface area contributed by atoms with Crippen molar-refractivity contribution in [2.45, 2.75) is 26.8 Å². The highest BCUT2D eigenvalue weighted by atomic mass is 16.1. The quantitative estimate of drug-likeness (QED) is 0.685. The molecule has 0 radical (unpaired) electrons. The fraction of sp³-hybridized carbons (Fsp3) is 0.174. The first-order chi connectivity index (χ1) is 12.5. The smallest absolute Gasteiger partial charge is 0.257 e. The normalized spacial score (nSPS) is 11.8. The number of aromatic nitrogens is 1. The molecule has 2 aromatic carbocycles. The zero-order valence-electron chi connectivity index (χ0n) is 15.5. The lowest BCUT2D eigenvalue weighted by Gasteiger charge is -2.17. The maximum atomic E-state index is 12.9.